The quantitative estimate of drug-likeness (QED) is 0.319. The van der Waals surface area contributed by atoms with Gasteiger partial charge in [0.05, 0.1) is 5.56 Å². The van der Waals surface area contributed by atoms with E-state index < -0.39 is 11.7 Å². The van der Waals surface area contributed by atoms with Crippen LogP contribution in [-0.2, 0) is 23.8 Å². The van der Waals surface area contributed by atoms with Crippen molar-refractivity contribution in [2.75, 3.05) is 13.1 Å². The third-order valence-electron chi connectivity index (χ3n) is 4.83. The highest BCUT2D eigenvalue weighted by Crippen LogP contribution is 2.29. The first-order chi connectivity index (χ1) is 16.7. The van der Waals surface area contributed by atoms with Crippen LogP contribution in [0.25, 0.3) is 0 Å². The summed E-state index contributed by atoms with van der Waals surface area (Å²) in [7, 11) is 0. The molecule has 0 saturated carbocycles. The highest BCUT2D eigenvalue weighted by molar-refractivity contribution is 5.94. The first kappa shape index (κ1) is 29.4. The molecule has 0 aliphatic heterocycles. The van der Waals surface area contributed by atoms with Crippen molar-refractivity contribution in [1.29, 1.82) is 0 Å². The molecule has 0 atom stereocenters. The summed E-state index contributed by atoms with van der Waals surface area (Å²) in [5.41, 5.74) is 3.24. The Labute approximate surface area is 205 Å². The van der Waals surface area contributed by atoms with E-state index in [2.05, 4.69) is 41.8 Å². The Balaban J connectivity index is 0.000000274. The van der Waals surface area contributed by atoms with Crippen LogP contribution in [0.2, 0.25) is 0 Å². The average molecular weight is 487 g/mol. The van der Waals surface area contributed by atoms with Crippen LogP contribution in [0, 0.1) is 6.92 Å². The third-order valence-corrected chi connectivity index (χ3v) is 4.83. The van der Waals surface area contributed by atoms with Gasteiger partial charge in [-0.25, -0.2) is 0 Å². The zero-order valence-corrected chi connectivity index (χ0v) is 20.4. The van der Waals surface area contributed by atoms with Gasteiger partial charge in [0.15, 0.2) is 0 Å². The molecule has 35 heavy (non-hydrogen) atoms. The van der Waals surface area contributed by atoms with E-state index in [0.717, 1.165) is 18.1 Å². The Morgan fingerprint density at radius 2 is 1.46 bits per heavy atom. The SMILES string of the molecule is CCc1cccc(C(F)(F)F)c1.CCc1ccccc1.Cc1cccc(C(=O)NCCNC=O)c1. The van der Waals surface area contributed by atoms with Crippen molar-refractivity contribution in [3.8, 4) is 0 Å². The summed E-state index contributed by atoms with van der Waals surface area (Å²) in [6, 6.07) is 23.2. The van der Waals surface area contributed by atoms with Gasteiger partial charge in [-0.1, -0.05) is 80.1 Å². The number of carbonyl (C=O) groups is 2. The number of halogens is 3. The zero-order valence-electron chi connectivity index (χ0n) is 20.4. The number of hydrogen-bond donors (Lipinski definition) is 2. The number of carbonyl (C=O) groups excluding carboxylic acids is 2. The molecule has 0 aliphatic rings. The summed E-state index contributed by atoms with van der Waals surface area (Å²) >= 11 is 0. The number of rotatable bonds is 7. The molecule has 3 aromatic carbocycles. The Morgan fingerprint density at radius 3 is 2.00 bits per heavy atom. The number of amides is 2. The van der Waals surface area contributed by atoms with E-state index in [0.29, 0.717) is 37.0 Å². The summed E-state index contributed by atoms with van der Waals surface area (Å²) < 4.78 is 36.3. The summed E-state index contributed by atoms with van der Waals surface area (Å²) in [5, 5.41) is 5.17. The molecule has 2 amide bonds. The van der Waals surface area contributed by atoms with Gasteiger partial charge in [-0.05, 0) is 49.1 Å². The second kappa shape index (κ2) is 16.1. The molecule has 0 bridgehead atoms. The lowest BCUT2D eigenvalue weighted by Crippen LogP contribution is -2.31. The van der Waals surface area contributed by atoms with Crippen molar-refractivity contribution < 1.29 is 22.8 Å². The van der Waals surface area contributed by atoms with Gasteiger partial charge in [0.25, 0.3) is 5.91 Å². The lowest BCUT2D eigenvalue weighted by molar-refractivity contribution is -0.137. The van der Waals surface area contributed by atoms with Gasteiger partial charge in [0.1, 0.15) is 0 Å². The summed E-state index contributed by atoms with van der Waals surface area (Å²) in [4.78, 5) is 21.5. The average Bonchev–Trinajstić information content (AvgIpc) is 2.87. The molecule has 0 saturated heterocycles. The second-order valence-corrected chi connectivity index (χ2v) is 7.59. The molecular weight excluding hydrogens is 453 g/mol. The van der Waals surface area contributed by atoms with Crippen LogP contribution in [0.4, 0.5) is 13.2 Å². The van der Waals surface area contributed by atoms with Gasteiger partial charge < -0.3 is 10.6 Å². The molecule has 0 spiro atoms. The molecule has 0 aliphatic carbocycles. The number of aryl methyl sites for hydroxylation is 3. The van der Waals surface area contributed by atoms with Crippen molar-refractivity contribution in [3.05, 3.63) is 107 Å². The van der Waals surface area contributed by atoms with Crippen molar-refractivity contribution in [1.82, 2.24) is 10.6 Å². The Morgan fingerprint density at radius 1 is 0.829 bits per heavy atom. The largest absolute Gasteiger partial charge is 0.416 e. The predicted octanol–water partition coefficient (Wildman–Crippen LogP) is 5.99. The van der Waals surface area contributed by atoms with Gasteiger partial charge in [0, 0.05) is 18.7 Å². The molecule has 0 unspecified atom stereocenters. The Kier molecular flexibility index (Phi) is 13.5. The van der Waals surface area contributed by atoms with Gasteiger partial charge in [-0.15, -0.1) is 0 Å². The maximum Gasteiger partial charge on any atom is 0.416 e. The zero-order chi connectivity index (χ0) is 26.1. The monoisotopic (exact) mass is 486 g/mol. The molecule has 0 heterocycles. The molecule has 188 valence electrons. The number of alkyl halides is 3. The minimum absolute atomic E-state index is 0.119. The molecule has 3 aromatic rings. The van der Waals surface area contributed by atoms with Gasteiger partial charge >= 0.3 is 6.18 Å². The second-order valence-electron chi connectivity index (χ2n) is 7.59. The van der Waals surface area contributed by atoms with Crippen molar-refractivity contribution >= 4 is 12.3 Å². The first-order valence-corrected chi connectivity index (χ1v) is 11.4. The fraction of sp³-hybridized carbons (Fsp3) is 0.286. The summed E-state index contributed by atoms with van der Waals surface area (Å²) in [5.74, 6) is -0.119. The molecule has 0 aromatic heterocycles. The maximum atomic E-state index is 12.1. The van der Waals surface area contributed by atoms with E-state index >= 15 is 0 Å². The van der Waals surface area contributed by atoms with Crippen LogP contribution in [0.3, 0.4) is 0 Å². The van der Waals surface area contributed by atoms with Crippen LogP contribution in [0.5, 0.6) is 0 Å². The smallest absolute Gasteiger partial charge is 0.357 e. The van der Waals surface area contributed by atoms with Crippen LogP contribution in [0.15, 0.2) is 78.9 Å². The highest BCUT2D eigenvalue weighted by atomic mass is 19.4. The van der Waals surface area contributed by atoms with E-state index in [-0.39, 0.29) is 5.91 Å². The van der Waals surface area contributed by atoms with E-state index in [4.69, 9.17) is 0 Å². The Bertz CT molecular complexity index is 1020. The van der Waals surface area contributed by atoms with Crippen molar-refractivity contribution in [3.63, 3.8) is 0 Å². The summed E-state index contributed by atoms with van der Waals surface area (Å²) in [6.07, 6.45) is -1.84. The van der Waals surface area contributed by atoms with Crippen molar-refractivity contribution in [2.24, 2.45) is 0 Å². The standard InChI is InChI=1S/C11H14N2O2.C9H9F3.C8H10/c1-9-3-2-4-10(7-9)11(15)13-6-5-12-8-14;1-2-7-4-3-5-8(6-7)9(10,11)12;1-2-8-6-4-3-5-7-8/h2-4,7-8H,5-6H2,1H3,(H,12,14)(H,13,15);3-6H,2H2,1H3;3-7H,2H2,1H3. The molecule has 7 heteroatoms. The van der Waals surface area contributed by atoms with Crippen LogP contribution in [-0.4, -0.2) is 25.4 Å². The topological polar surface area (TPSA) is 58.2 Å². The molecular formula is C28H33F3N2O2. The maximum absolute atomic E-state index is 12.1. The lowest BCUT2D eigenvalue weighted by atomic mass is 10.1. The Hall–Kier alpha value is -3.61. The molecule has 0 radical (unpaired) electrons. The van der Waals surface area contributed by atoms with E-state index in [1.165, 1.54) is 17.7 Å². The van der Waals surface area contributed by atoms with Crippen LogP contribution < -0.4 is 10.6 Å². The first-order valence-electron chi connectivity index (χ1n) is 11.4. The van der Waals surface area contributed by atoms with Crippen LogP contribution in [0.1, 0.15) is 46.5 Å². The summed E-state index contributed by atoms with van der Waals surface area (Å²) in [6.45, 7) is 6.81. The van der Waals surface area contributed by atoms with E-state index in [9.17, 15) is 22.8 Å². The predicted molar refractivity (Wildman–Crippen MR) is 134 cm³/mol. The molecule has 0 fully saturated rings. The minimum atomic E-state index is -4.22. The van der Waals surface area contributed by atoms with Gasteiger partial charge in [-0.2, -0.15) is 13.2 Å². The van der Waals surface area contributed by atoms with Crippen molar-refractivity contribution in [2.45, 2.75) is 39.8 Å². The number of benzene rings is 3. The fourth-order valence-corrected chi connectivity index (χ4v) is 2.88. The minimum Gasteiger partial charge on any atom is -0.357 e. The van der Waals surface area contributed by atoms with E-state index in [1.807, 2.05) is 38.1 Å². The highest BCUT2D eigenvalue weighted by Gasteiger charge is 2.30. The number of nitrogens with one attached hydrogen (secondary N) is 2. The molecule has 2 N–H and O–H groups in total. The normalized spacial score (nSPS) is 10.1. The van der Waals surface area contributed by atoms with Gasteiger partial charge in [0.2, 0.25) is 6.41 Å². The third kappa shape index (κ3) is 12.4. The lowest BCUT2D eigenvalue weighted by Gasteiger charge is -2.06. The number of hydrogen-bond acceptors (Lipinski definition) is 2. The van der Waals surface area contributed by atoms with Gasteiger partial charge in [-0.3, -0.25) is 9.59 Å². The molecule has 3 rings (SSSR count). The fourth-order valence-electron chi connectivity index (χ4n) is 2.88. The van der Waals surface area contributed by atoms with E-state index in [1.54, 1.807) is 12.1 Å². The molecule has 4 nitrogen and oxygen atoms in total. The van der Waals surface area contributed by atoms with Crippen LogP contribution >= 0.6 is 0 Å².